The molecule has 27 heavy (non-hydrogen) atoms. The van der Waals surface area contributed by atoms with Crippen molar-refractivity contribution in [2.75, 3.05) is 0 Å². The topological polar surface area (TPSA) is 88.9 Å². The average Bonchev–Trinajstić information content (AvgIpc) is 3.12. The van der Waals surface area contributed by atoms with E-state index in [1.165, 1.54) is 18.3 Å². The standard InChI is InChI=1S/C21H14N2O4/c24-19-10-5-14(11-18(19)23(25)26)13-22-17-8-6-15(7-9-17)21-12-16-3-1-2-4-20(16)27-21/h1-13,24H. The summed E-state index contributed by atoms with van der Waals surface area (Å²) >= 11 is 0. The minimum atomic E-state index is -0.630. The molecule has 4 aromatic rings. The minimum Gasteiger partial charge on any atom is -0.502 e. The van der Waals surface area contributed by atoms with Crippen LogP contribution >= 0.6 is 0 Å². The first kappa shape index (κ1) is 16.5. The highest BCUT2D eigenvalue weighted by atomic mass is 16.6. The number of aromatic hydroxyl groups is 1. The Morgan fingerprint density at radius 2 is 1.78 bits per heavy atom. The van der Waals surface area contributed by atoms with Crippen molar-refractivity contribution >= 4 is 28.6 Å². The lowest BCUT2D eigenvalue weighted by Crippen LogP contribution is -1.90. The van der Waals surface area contributed by atoms with Gasteiger partial charge in [0.05, 0.1) is 10.6 Å². The number of phenolic OH excluding ortho intramolecular Hbond substituents is 1. The van der Waals surface area contributed by atoms with Crippen LogP contribution in [0.2, 0.25) is 0 Å². The number of nitro groups is 1. The SMILES string of the molecule is O=[N+]([O-])c1cc(C=Nc2ccc(-c3cc4ccccc4o3)cc2)ccc1O. The number of benzene rings is 3. The number of para-hydroxylation sites is 1. The molecule has 1 aromatic heterocycles. The van der Waals surface area contributed by atoms with Crippen LogP contribution in [0.15, 0.2) is 82.2 Å². The maximum Gasteiger partial charge on any atom is 0.311 e. The molecule has 1 N–H and O–H groups in total. The van der Waals surface area contributed by atoms with Crippen LogP contribution in [0.3, 0.4) is 0 Å². The molecule has 0 saturated carbocycles. The Bertz CT molecular complexity index is 1130. The van der Waals surface area contributed by atoms with Crippen LogP contribution in [-0.4, -0.2) is 16.2 Å². The fraction of sp³-hybridized carbons (Fsp3) is 0. The van der Waals surface area contributed by atoms with E-state index >= 15 is 0 Å². The number of furan rings is 1. The second-order valence-electron chi connectivity index (χ2n) is 5.96. The maximum atomic E-state index is 10.9. The van der Waals surface area contributed by atoms with E-state index in [2.05, 4.69) is 4.99 Å². The smallest absolute Gasteiger partial charge is 0.311 e. The molecule has 4 rings (SSSR count). The van der Waals surface area contributed by atoms with E-state index in [0.29, 0.717) is 11.3 Å². The fourth-order valence-corrected chi connectivity index (χ4v) is 2.75. The predicted octanol–water partition coefficient (Wildman–Crippen LogP) is 5.46. The molecule has 0 aliphatic carbocycles. The lowest BCUT2D eigenvalue weighted by Gasteiger charge is -1.99. The molecule has 0 saturated heterocycles. The van der Waals surface area contributed by atoms with Crippen molar-refractivity contribution < 1.29 is 14.4 Å². The molecular formula is C21H14N2O4. The third-order valence-electron chi connectivity index (χ3n) is 4.14. The van der Waals surface area contributed by atoms with Crippen molar-refractivity contribution in [3.63, 3.8) is 0 Å². The number of fused-ring (bicyclic) bond motifs is 1. The van der Waals surface area contributed by atoms with Crippen LogP contribution in [0.5, 0.6) is 5.75 Å². The van der Waals surface area contributed by atoms with Gasteiger partial charge >= 0.3 is 5.69 Å². The molecule has 0 radical (unpaired) electrons. The van der Waals surface area contributed by atoms with E-state index in [-0.39, 0.29) is 11.4 Å². The molecule has 0 atom stereocenters. The van der Waals surface area contributed by atoms with Crippen LogP contribution in [0.1, 0.15) is 5.56 Å². The van der Waals surface area contributed by atoms with Crippen LogP contribution in [-0.2, 0) is 0 Å². The van der Waals surface area contributed by atoms with Crippen LogP contribution in [0.4, 0.5) is 11.4 Å². The highest BCUT2D eigenvalue weighted by molar-refractivity contribution is 5.84. The Labute approximate surface area is 154 Å². The zero-order valence-electron chi connectivity index (χ0n) is 14.1. The van der Waals surface area contributed by atoms with E-state index in [0.717, 1.165) is 22.3 Å². The summed E-state index contributed by atoms with van der Waals surface area (Å²) in [6.45, 7) is 0. The van der Waals surface area contributed by atoms with Gasteiger partial charge in [-0.15, -0.1) is 0 Å². The Hall–Kier alpha value is -3.93. The second-order valence-corrected chi connectivity index (χ2v) is 5.96. The van der Waals surface area contributed by atoms with Gasteiger partial charge < -0.3 is 9.52 Å². The predicted molar refractivity (Wildman–Crippen MR) is 104 cm³/mol. The summed E-state index contributed by atoms with van der Waals surface area (Å²) in [5.41, 5.74) is 2.65. The number of nitro benzene ring substituents is 1. The molecule has 0 amide bonds. The van der Waals surface area contributed by atoms with Crippen LogP contribution < -0.4 is 0 Å². The van der Waals surface area contributed by atoms with Gasteiger partial charge in [0.2, 0.25) is 0 Å². The van der Waals surface area contributed by atoms with Crippen molar-refractivity contribution in [1.82, 2.24) is 0 Å². The van der Waals surface area contributed by atoms with E-state index in [1.807, 2.05) is 54.6 Å². The molecule has 1 heterocycles. The van der Waals surface area contributed by atoms with Gasteiger partial charge in [0.25, 0.3) is 0 Å². The summed E-state index contributed by atoms with van der Waals surface area (Å²) in [7, 11) is 0. The van der Waals surface area contributed by atoms with Crippen molar-refractivity contribution in [1.29, 1.82) is 0 Å². The highest BCUT2D eigenvalue weighted by Gasteiger charge is 2.12. The van der Waals surface area contributed by atoms with Crippen molar-refractivity contribution in [3.05, 3.63) is 88.5 Å². The molecule has 0 spiro atoms. The Morgan fingerprint density at radius 1 is 1.00 bits per heavy atom. The van der Waals surface area contributed by atoms with Crippen LogP contribution in [0, 0.1) is 10.1 Å². The lowest BCUT2D eigenvalue weighted by molar-refractivity contribution is -0.385. The van der Waals surface area contributed by atoms with Gasteiger partial charge in [-0.1, -0.05) is 18.2 Å². The minimum absolute atomic E-state index is 0.348. The van der Waals surface area contributed by atoms with Gasteiger partial charge in [-0.2, -0.15) is 0 Å². The third kappa shape index (κ3) is 3.41. The largest absolute Gasteiger partial charge is 0.502 e. The molecule has 3 aromatic carbocycles. The summed E-state index contributed by atoms with van der Waals surface area (Å²) < 4.78 is 5.84. The van der Waals surface area contributed by atoms with Crippen molar-refractivity contribution in [2.45, 2.75) is 0 Å². The number of hydrogen-bond donors (Lipinski definition) is 1. The summed E-state index contributed by atoms with van der Waals surface area (Å²) in [6.07, 6.45) is 1.52. The van der Waals surface area contributed by atoms with Gasteiger partial charge in [0.1, 0.15) is 11.3 Å². The van der Waals surface area contributed by atoms with E-state index in [4.69, 9.17) is 4.42 Å². The lowest BCUT2D eigenvalue weighted by atomic mass is 10.1. The van der Waals surface area contributed by atoms with Crippen molar-refractivity contribution in [3.8, 4) is 17.1 Å². The van der Waals surface area contributed by atoms with E-state index < -0.39 is 4.92 Å². The molecule has 0 unspecified atom stereocenters. The third-order valence-corrected chi connectivity index (χ3v) is 4.14. The van der Waals surface area contributed by atoms with E-state index in [9.17, 15) is 15.2 Å². The quantitative estimate of drug-likeness (QED) is 0.298. The summed E-state index contributed by atoms with van der Waals surface area (Å²) in [5.74, 6) is 0.410. The number of hydrogen-bond acceptors (Lipinski definition) is 5. The average molecular weight is 358 g/mol. The van der Waals surface area contributed by atoms with E-state index in [1.54, 1.807) is 6.07 Å². The normalized spacial score (nSPS) is 11.3. The van der Waals surface area contributed by atoms with Gasteiger partial charge in [-0.25, -0.2) is 0 Å². The van der Waals surface area contributed by atoms with Gasteiger partial charge in [-0.05, 0) is 54.1 Å². The molecule has 6 nitrogen and oxygen atoms in total. The molecular weight excluding hydrogens is 344 g/mol. The zero-order valence-corrected chi connectivity index (χ0v) is 14.1. The Balaban J connectivity index is 1.56. The first-order chi connectivity index (χ1) is 13.1. The molecule has 0 aliphatic heterocycles. The summed E-state index contributed by atoms with van der Waals surface area (Å²) in [4.78, 5) is 14.6. The molecule has 0 fully saturated rings. The monoisotopic (exact) mass is 358 g/mol. The molecule has 132 valence electrons. The molecule has 0 aliphatic rings. The maximum absolute atomic E-state index is 10.9. The van der Waals surface area contributed by atoms with Gasteiger partial charge in [0, 0.05) is 23.2 Å². The van der Waals surface area contributed by atoms with Gasteiger partial charge in [0.15, 0.2) is 5.75 Å². The summed E-state index contributed by atoms with van der Waals surface area (Å²) in [5, 5.41) is 21.4. The van der Waals surface area contributed by atoms with Crippen molar-refractivity contribution in [2.24, 2.45) is 4.99 Å². The highest BCUT2D eigenvalue weighted by Crippen LogP contribution is 2.29. The number of nitrogens with zero attached hydrogens (tertiary/aromatic N) is 2. The molecule has 6 heteroatoms. The number of aliphatic imine (C=N–C) groups is 1. The van der Waals surface area contributed by atoms with Crippen LogP contribution in [0.25, 0.3) is 22.3 Å². The molecule has 0 bridgehead atoms. The fourth-order valence-electron chi connectivity index (χ4n) is 2.75. The first-order valence-electron chi connectivity index (χ1n) is 8.21. The Morgan fingerprint density at radius 3 is 2.52 bits per heavy atom. The van der Waals surface area contributed by atoms with Gasteiger partial charge in [-0.3, -0.25) is 15.1 Å². The summed E-state index contributed by atoms with van der Waals surface area (Å²) in [6, 6.07) is 21.4. The Kier molecular flexibility index (Phi) is 4.14. The second kappa shape index (κ2) is 6.76. The number of rotatable bonds is 4. The number of phenols is 1. The zero-order chi connectivity index (χ0) is 18.8. The first-order valence-corrected chi connectivity index (χ1v) is 8.21.